The van der Waals surface area contributed by atoms with Gasteiger partial charge < -0.3 is 14.9 Å². The van der Waals surface area contributed by atoms with E-state index in [1.165, 1.54) is 10.8 Å². The van der Waals surface area contributed by atoms with Gasteiger partial charge in [0.15, 0.2) is 0 Å². The third-order valence-electron chi connectivity index (χ3n) is 8.16. The summed E-state index contributed by atoms with van der Waals surface area (Å²) in [7, 11) is 0. The van der Waals surface area contributed by atoms with Gasteiger partial charge >= 0.3 is 11.7 Å². The molecule has 0 aliphatic rings. The lowest BCUT2D eigenvalue weighted by molar-refractivity contribution is -0.137. The van der Waals surface area contributed by atoms with Crippen LogP contribution in [0.25, 0.3) is 0 Å². The first-order chi connectivity index (χ1) is 16.7. The van der Waals surface area contributed by atoms with Gasteiger partial charge in [0.2, 0.25) is 5.88 Å². The lowest BCUT2D eigenvalue weighted by Gasteiger charge is -2.32. The number of ether oxygens (including phenoxy) is 1. The summed E-state index contributed by atoms with van der Waals surface area (Å²) in [6, 6.07) is 0. The second kappa shape index (κ2) is 15.9. The summed E-state index contributed by atoms with van der Waals surface area (Å²) in [6.07, 6.45) is 14.4. The highest BCUT2D eigenvalue weighted by Gasteiger charge is 2.27. The normalized spacial score (nSPS) is 13.6. The summed E-state index contributed by atoms with van der Waals surface area (Å²) in [5, 5.41) is 19.1. The number of carboxylic acid groups (broad SMARTS) is 1. The molecule has 0 saturated heterocycles. The highest BCUT2D eigenvalue weighted by Crippen LogP contribution is 2.37. The van der Waals surface area contributed by atoms with Crippen LogP contribution in [0.2, 0.25) is 0 Å². The van der Waals surface area contributed by atoms with Crippen LogP contribution in [0.1, 0.15) is 105 Å². The van der Waals surface area contributed by atoms with Crippen LogP contribution in [-0.4, -0.2) is 38.5 Å². The Hall–Kier alpha value is -2.02. The van der Waals surface area contributed by atoms with Gasteiger partial charge in [0.05, 0.1) is 6.20 Å². The van der Waals surface area contributed by atoms with E-state index in [0.29, 0.717) is 19.5 Å². The number of unbranched alkanes of at least 4 members (excludes halogenated alkanes) is 2. The van der Waals surface area contributed by atoms with Crippen LogP contribution in [0.5, 0.6) is 5.88 Å². The Kier molecular flexibility index (Phi) is 14.1. The monoisotopic (exact) mass is 494 g/mol. The van der Waals surface area contributed by atoms with Crippen LogP contribution < -0.4 is 5.69 Å². The number of carboxylic acids is 1. The largest absolute Gasteiger partial charge is 0.493 e. The molecule has 1 unspecified atom stereocenters. The maximum atomic E-state index is 12.4. The Morgan fingerprint density at radius 3 is 2.11 bits per heavy atom. The quantitative estimate of drug-likeness (QED) is 0.153. The van der Waals surface area contributed by atoms with Gasteiger partial charge in [-0.3, -0.25) is 13.9 Å². The number of aliphatic carboxylic acids is 1. The van der Waals surface area contributed by atoms with Crippen molar-refractivity contribution in [3.8, 4) is 5.88 Å². The minimum absolute atomic E-state index is 0.0533. The third-order valence-corrected chi connectivity index (χ3v) is 8.16. The fraction of sp³-hybridized carbons (Fsp3) is 0.786. The molecule has 1 rings (SSSR count). The number of hydrogen-bond donors (Lipinski definition) is 2. The van der Waals surface area contributed by atoms with Crippen LogP contribution in [0.3, 0.4) is 0 Å². The topological polar surface area (TPSA) is 93.7 Å². The van der Waals surface area contributed by atoms with Gasteiger partial charge in [-0.05, 0) is 62.7 Å². The average Bonchev–Trinajstić information content (AvgIpc) is 3.14. The number of allylic oxidation sites excluding steroid dienone is 1. The zero-order valence-electron chi connectivity index (χ0n) is 22.7. The number of carbonyl (C=O) groups is 1. The number of imidazole rings is 1. The van der Waals surface area contributed by atoms with E-state index in [0.717, 1.165) is 77.4 Å². The van der Waals surface area contributed by atoms with Gasteiger partial charge in [-0.15, -0.1) is 6.58 Å². The molecule has 0 spiro atoms. The number of aromatic hydroxyl groups is 1. The Labute approximate surface area is 212 Å². The van der Waals surface area contributed by atoms with Gasteiger partial charge in [-0.25, -0.2) is 4.79 Å². The lowest BCUT2D eigenvalue weighted by atomic mass is 9.75. The maximum Gasteiger partial charge on any atom is 0.331 e. The van der Waals surface area contributed by atoms with E-state index in [-0.39, 0.29) is 28.8 Å². The Morgan fingerprint density at radius 2 is 1.63 bits per heavy atom. The second-order valence-corrected chi connectivity index (χ2v) is 10.0. The molecule has 1 aromatic rings. The third kappa shape index (κ3) is 9.86. The van der Waals surface area contributed by atoms with E-state index < -0.39 is 5.97 Å². The smallest absolute Gasteiger partial charge is 0.331 e. The van der Waals surface area contributed by atoms with Crippen LogP contribution in [0.15, 0.2) is 23.6 Å². The maximum absolute atomic E-state index is 12.4. The van der Waals surface area contributed by atoms with E-state index >= 15 is 0 Å². The zero-order valence-corrected chi connectivity index (χ0v) is 22.7. The van der Waals surface area contributed by atoms with Crippen molar-refractivity contribution in [1.29, 1.82) is 0 Å². The van der Waals surface area contributed by atoms with Crippen molar-refractivity contribution < 1.29 is 19.7 Å². The predicted octanol–water partition coefficient (Wildman–Crippen LogP) is 6.38. The summed E-state index contributed by atoms with van der Waals surface area (Å²) in [5.74, 6) is -0.691. The molecule has 0 aromatic carbocycles. The number of rotatable bonds is 21. The summed E-state index contributed by atoms with van der Waals surface area (Å²) in [4.78, 5) is 23.3. The lowest BCUT2D eigenvalue weighted by Crippen LogP contribution is -2.27. The molecule has 7 heteroatoms. The average molecular weight is 495 g/mol. The summed E-state index contributed by atoms with van der Waals surface area (Å²) < 4.78 is 8.91. The van der Waals surface area contributed by atoms with E-state index in [1.807, 2.05) is 13.0 Å². The van der Waals surface area contributed by atoms with Crippen molar-refractivity contribution in [2.45, 2.75) is 118 Å². The van der Waals surface area contributed by atoms with Gasteiger partial charge in [0.25, 0.3) is 0 Å². The molecular formula is C28H50N2O5. The van der Waals surface area contributed by atoms with Crippen LogP contribution in [-0.2, 0) is 22.6 Å². The van der Waals surface area contributed by atoms with Crippen molar-refractivity contribution in [2.75, 3.05) is 13.2 Å². The molecule has 1 atom stereocenters. The van der Waals surface area contributed by atoms with Crippen molar-refractivity contribution in [2.24, 2.45) is 10.8 Å². The van der Waals surface area contributed by atoms with Crippen LogP contribution in [0, 0.1) is 10.8 Å². The molecule has 202 valence electrons. The SMILES string of the molecule is C=CC(CC)(CCCCOCCCCC(CC)(CC)CCn1c(O)cn(CC)c1=O)CCC(=O)O. The Morgan fingerprint density at radius 1 is 1.00 bits per heavy atom. The first-order valence-electron chi connectivity index (χ1n) is 13.6. The molecule has 0 amide bonds. The first-order valence-corrected chi connectivity index (χ1v) is 13.6. The molecule has 0 saturated carbocycles. The molecule has 1 aromatic heterocycles. The minimum atomic E-state index is -0.745. The fourth-order valence-corrected chi connectivity index (χ4v) is 5.06. The summed E-state index contributed by atoms with van der Waals surface area (Å²) >= 11 is 0. The van der Waals surface area contributed by atoms with E-state index in [2.05, 4.69) is 27.4 Å². The molecular weight excluding hydrogens is 444 g/mol. The molecule has 0 aliphatic heterocycles. The highest BCUT2D eigenvalue weighted by molar-refractivity contribution is 5.66. The predicted molar refractivity (Wildman–Crippen MR) is 142 cm³/mol. The molecule has 2 N–H and O–H groups in total. The standard InChI is InChI=1S/C28H50N2O5/c1-6-27(7-2,18-15-25(32)33)16-11-13-21-35-22-14-12-17-28(8-3,9-4)19-20-30-24(31)23-29(10-5)26(30)34/h6,23,31H,1,7-22H2,2-5H3,(H,32,33). The van der Waals surface area contributed by atoms with Gasteiger partial charge in [-0.2, -0.15) is 0 Å². The van der Waals surface area contributed by atoms with Gasteiger partial charge in [0, 0.05) is 32.7 Å². The van der Waals surface area contributed by atoms with Crippen molar-refractivity contribution >= 4 is 5.97 Å². The van der Waals surface area contributed by atoms with Gasteiger partial charge in [0.1, 0.15) is 0 Å². The van der Waals surface area contributed by atoms with Crippen molar-refractivity contribution in [3.63, 3.8) is 0 Å². The van der Waals surface area contributed by atoms with Crippen molar-refractivity contribution in [1.82, 2.24) is 9.13 Å². The van der Waals surface area contributed by atoms with Crippen LogP contribution in [0.4, 0.5) is 0 Å². The molecule has 35 heavy (non-hydrogen) atoms. The Bertz CT molecular complexity index is 809. The molecule has 7 nitrogen and oxygen atoms in total. The minimum Gasteiger partial charge on any atom is -0.493 e. The zero-order chi connectivity index (χ0) is 26.3. The highest BCUT2D eigenvalue weighted by atomic mass is 16.5. The Balaban J connectivity index is 2.34. The molecule has 0 fully saturated rings. The number of hydrogen-bond acceptors (Lipinski definition) is 4. The molecule has 0 radical (unpaired) electrons. The summed E-state index contributed by atoms with van der Waals surface area (Å²) in [6.45, 7) is 15.0. The molecule has 0 bridgehead atoms. The number of aryl methyl sites for hydroxylation is 1. The summed E-state index contributed by atoms with van der Waals surface area (Å²) in [5.41, 5.74) is -0.0429. The van der Waals surface area contributed by atoms with E-state index in [1.54, 1.807) is 4.57 Å². The number of nitrogens with zero attached hydrogens (tertiary/aromatic N) is 2. The molecule has 1 heterocycles. The fourth-order valence-electron chi connectivity index (χ4n) is 5.06. The van der Waals surface area contributed by atoms with E-state index in [4.69, 9.17) is 9.84 Å². The second-order valence-electron chi connectivity index (χ2n) is 10.0. The molecule has 0 aliphatic carbocycles. The van der Waals surface area contributed by atoms with Gasteiger partial charge in [-0.1, -0.05) is 52.5 Å². The van der Waals surface area contributed by atoms with Crippen LogP contribution >= 0.6 is 0 Å². The number of aromatic nitrogens is 2. The van der Waals surface area contributed by atoms with E-state index in [9.17, 15) is 14.7 Å². The van der Waals surface area contributed by atoms with Crippen molar-refractivity contribution in [3.05, 3.63) is 29.3 Å². The first kappa shape index (κ1) is 31.0.